The van der Waals surface area contributed by atoms with Crippen LogP contribution in [0.1, 0.15) is 42.9 Å². The first-order valence-electron chi connectivity index (χ1n) is 8.03. The minimum Gasteiger partial charge on any atom is -0.351 e. The van der Waals surface area contributed by atoms with Crippen LogP contribution in [-0.2, 0) is 24.9 Å². The zero-order valence-electron chi connectivity index (χ0n) is 13.7. The molecule has 0 unspecified atom stereocenters. The Hall–Kier alpha value is -2.21. The molecule has 2 aromatic heterocycles. The van der Waals surface area contributed by atoms with Gasteiger partial charge < -0.3 is 9.88 Å². The van der Waals surface area contributed by atoms with Gasteiger partial charge >= 0.3 is 0 Å². The van der Waals surface area contributed by atoms with Gasteiger partial charge in [0.2, 0.25) is 5.91 Å². The van der Waals surface area contributed by atoms with E-state index < -0.39 is 0 Å². The topological polar surface area (TPSA) is 63.1 Å². The molecule has 1 fully saturated rings. The van der Waals surface area contributed by atoms with Gasteiger partial charge in [-0.2, -0.15) is 0 Å². The molecule has 0 radical (unpaired) electrons. The molecule has 0 saturated carbocycles. The second-order valence-corrected chi connectivity index (χ2v) is 6.07. The quantitative estimate of drug-likeness (QED) is 0.914. The largest absolute Gasteiger partial charge is 0.351 e. The Morgan fingerprint density at radius 3 is 3.00 bits per heavy atom. The Balaban J connectivity index is 1.73. The standard InChI is InChI=1S/C17H23N5O/c1-13(23)20-11-15-10-14(5-6-18-15)16-4-3-8-22(16)12-17-19-7-9-21(17)2/h5-7,9-10,16H,3-4,8,11-12H2,1-2H3,(H,20,23)/t16-/m1/s1. The van der Waals surface area contributed by atoms with Gasteiger partial charge in [0.1, 0.15) is 5.82 Å². The molecule has 3 heterocycles. The smallest absolute Gasteiger partial charge is 0.217 e. The number of aryl methyl sites for hydroxylation is 1. The maximum atomic E-state index is 11.1. The molecule has 0 bridgehead atoms. The summed E-state index contributed by atoms with van der Waals surface area (Å²) < 4.78 is 2.07. The number of imidazole rings is 1. The molecule has 3 rings (SSSR count). The molecule has 1 aliphatic rings. The Labute approximate surface area is 136 Å². The molecule has 1 atom stereocenters. The van der Waals surface area contributed by atoms with Crippen molar-refractivity contribution in [2.24, 2.45) is 7.05 Å². The number of likely N-dealkylation sites (tertiary alicyclic amines) is 1. The average molecular weight is 313 g/mol. The van der Waals surface area contributed by atoms with E-state index in [-0.39, 0.29) is 5.91 Å². The molecule has 0 aromatic carbocycles. The van der Waals surface area contributed by atoms with Crippen molar-refractivity contribution in [1.82, 2.24) is 24.8 Å². The first kappa shape index (κ1) is 15.7. The zero-order chi connectivity index (χ0) is 16.2. The first-order valence-corrected chi connectivity index (χ1v) is 8.03. The molecular formula is C17H23N5O. The molecule has 1 saturated heterocycles. The molecule has 23 heavy (non-hydrogen) atoms. The van der Waals surface area contributed by atoms with Gasteiger partial charge in [0.15, 0.2) is 0 Å². The van der Waals surface area contributed by atoms with Crippen molar-refractivity contribution >= 4 is 5.91 Å². The lowest BCUT2D eigenvalue weighted by Crippen LogP contribution is -2.25. The van der Waals surface area contributed by atoms with Gasteiger partial charge in [-0.1, -0.05) is 0 Å². The first-order chi connectivity index (χ1) is 11.1. The van der Waals surface area contributed by atoms with Crippen LogP contribution in [-0.4, -0.2) is 31.9 Å². The number of pyridine rings is 1. The lowest BCUT2D eigenvalue weighted by molar-refractivity contribution is -0.119. The number of amides is 1. The van der Waals surface area contributed by atoms with Gasteiger partial charge in [0.05, 0.1) is 18.8 Å². The second-order valence-electron chi connectivity index (χ2n) is 6.07. The number of aromatic nitrogens is 3. The van der Waals surface area contributed by atoms with E-state index in [1.165, 1.54) is 18.9 Å². The van der Waals surface area contributed by atoms with Gasteiger partial charge in [-0.3, -0.25) is 14.7 Å². The second kappa shape index (κ2) is 6.91. The summed E-state index contributed by atoms with van der Waals surface area (Å²) in [7, 11) is 2.03. The molecule has 1 aliphatic heterocycles. The van der Waals surface area contributed by atoms with Crippen LogP contribution in [0.25, 0.3) is 0 Å². The summed E-state index contributed by atoms with van der Waals surface area (Å²) in [6, 6.07) is 4.58. The summed E-state index contributed by atoms with van der Waals surface area (Å²) >= 11 is 0. The SMILES string of the molecule is CC(=O)NCc1cc([C@H]2CCCN2Cc2nccn2C)ccn1. The van der Waals surface area contributed by atoms with Crippen LogP contribution in [0.15, 0.2) is 30.7 Å². The van der Waals surface area contributed by atoms with E-state index in [1.54, 1.807) is 0 Å². The van der Waals surface area contributed by atoms with E-state index in [2.05, 4.69) is 36.9 Å². The maximum absolute atomic E-state index is 11.1. The lowest BCUT2D eigenvalue weighted by Gasteiger charge is -2.24. The highest BCUT2D eigenvalue weighted by atomic mass is 16.1. The molecule has 0 aliphatic carbocycles. The van der Waals surface area contributed by atoms with Crippen LogP contribution in [0.5, 0.6) is 0 Å². The van der Waals surface area contributed by atoms with Gasteiger partial charge in [0.25, 0.3) is 0 Å². The van der Waals surface area contributed by atoms with Crippen molar-refractivity contribution in [2.45, 2.75) is 38.9 Å². The van der Waals surface area contributed by atoms with Crippen LogP contribution < -0.4 is 5.32 Å². The monoisotopic (exact) mass is 313 g/mol. The third-order valence-corrected chi connectivity index (χ3v) is 4.37. The van der Waals surface area contributed by atoms with Crippen molar-refractivity contribution in [3.63, 3.8) is 0 Å². The van der Waals surface area contributed by atoms with Crippen LogP contribution in [0.3, 0.4) is 0 Å². The third-order valence-electron chi connectivity index (χ3n) is 4.37. The fourth-order valence-electron chi connectivity index (χ4n) is 3.14. The van der Waals surface area contributed by atoms with Crippen molar-refractivity contribution < 1.29 is 4.79 Å². The van der Waals surface area contributed by atoms with Crippen molar-refractivity contribution in [2.75, 3.05) is 6.54 Å². The van der Waals surface area contributed by atoms with Crippen LogP contribution >= 0.6 is 0 Å². The molecule has 0 spiro atoms. The van der Waals surface area contributed by atoms with Crippen molar-refractivity contribution in [3.05, 3.63) is 47.8 Å². The van der Waals surface area contributed by atoms with E-state index in [1.807, 2.05) is 25.6 Å². The van der Waals surface area contributed by atoms with Gasteiger partial charge in [-0.05, 0) is 37.1 Å². The molecule has 1 N–H and O–H groups in total. The summed E-state index contributed by atoms with van der Waals surface area (Å²) in [6.07, 6.45) is 8.01. The zero-order valence-corrected chi connectivity index (χ0v) is 13.7. The molecule has 6 nitrogen and oxygen atoms in total. The summed E-state index contributed by atoms with van der Waals surface area (Å²) in [5.41, 5.74) is 2.17. The van der Waals surface area contributed by atoms with Gasteiger partial charge in [-0.15, -0.1) is 0 Å². The number of carbonyl (C=O) groups is 1. The van der Waals surface area contributed by atoms with Crippen LogP contribution in [0.4, 0.5) is 0 Å². The highest BCUT2D eigenvalue weighted by Crippen LogP contribution is 2.32. The highest BCUT2D eigenvalue weighted by Gasteiger charge is 2.27. The summed E-state index contributed by atoms with van der Waals surface area (Å²) in [5.74, 6) is 1.05. The number of carbonyl (C=O) groups excluding carboxylic acids is 1. The molecule has 122 valence electrons. The highest BCUT2D eigenvalue weighted by molar-refractivity contribution is 5.72. The van der Waals surface area contributed by atoms with Crippen molar-refractivity contribution in [1.29, 1.82) is 0 Å². The Bertz CT molecular complexity index is 681. The van der Waals surface area contributed by atoms with E-state index in [9.17, 15) is 4.79 Å². The number of hydrogen-bond donors (Lipinski definition) is 1. The number of rotatable bonds is 5. The fourth-order valence-corrected chi connectivity index (χ4v) is 3.14. The normalized spacial score (nSPS) is 18.3. The Morgan fingerprint density at radius 2 is 2.26 bits per heavy atom. The summed E-state index contributed by atoms with van der Waals surface area (Å²) in [5, 5.41) is 2.81. The van der Waals surface area contributed by atoms with E-state index in [4.69, 9.17) is 0 Å². The minimum absolute atomic E-state index is 0.0329. The van der Waals surface area contributed by atoms with E-state index >= 15 is 0 Å². The molecule has 2 aromatic rings. The average Bonchev–Trinajstić information content (AvgIpc) is 3.16. The predicted octanol–water partition coefficient (Wildman–Crippen LogP) is 1.79. The van der Waals surface area contributed by atoms with Crippen LogP contribution in [0.2, 0.25) is 0 Å². The number of hydrogen-bond acceptors (Lipinski definition) is 4. The van der Waals surface area contributed by atoms with Crippen molar-refractivity contribution in [3.8, 4) is 0 Å². The third kappa shape index (κ3) is 3.76. The van der Waals surface area contributed by atoms with Crippen LogP contribution in [0, 0.1) is 0 Å². The summed E-state index contributed by atoms with van der Waals surface area (Å²) in [6.45, 7) is 3.95. The number of nitrogens with zero attached hydrogens (tertiary/aromatic N) is 4. The van der Waals surface area contributed by atoms with Gasteiger partial charge in [-0.25, -0.2) is 4.98 Å². The summed E-state index contributed by atoms with van der Waals surface area (Å²) in [4.78, 5) is 22.3. The molecule has 1 amide bonds. The Morgan fingerprint density at radius 1 is 1.39 bits per heavy atom. The number of nitrogens with one attached hydrogen (secondary N) is 1. The Kier molecular flexibility index (Phi) is 4.71. The predicted molar refractivity (Wildman–Crippen MR) is 87.4 cm³/mol. The molecule has 6 heteroatoms. The lowest BCUT2D eigenvalue weighted by atomic mass is 10.0. The van der Waals surface area contributed by atoms with E-state index in [0.29, 0.717) is 12.6 Å². The maximum Gasteiger partial charge on any atom is 0.217 e. The molecular weight excluding hydrogens is 290 g/mol. The fraction of sp³-hybridized carbons (Fsp3) is 0.471. The van der Waals surface area contributed by atoms with E-state index in [0.717, 1.165) is 31.0 Å². The van der Waals surface area contributed by atoms with Gasteiger partial charge in [0, 0.05) is 38.6 Å². The minimum atomic E-state index is -0.0329.